The fraction of sp³-hybridized carbons (Fsp3) is 0.853. The number of aliphatic hydroxyl groups is 1. The molecule has 0 fully saturated rings. The smallest absolute Gasteiger partial charge is 0.306 e. The third-order valence-corrected chi connectivity index (χ3v) is 19.1. The number of aliphatic hydroxyl groups excluding tert-OH is 1. The van der Waals surface area contributed by atoms with Gasteiger partial charge in [-0.25, -0.2) is 0 Å². The molecule has 23 heteroatoms. The van der Waals surface area contributed by atoms with Crippen molar-refractivity contribution in [2.75, 3.05) is 31.3 Å². The van der Waals surface area contributed by atoms with E-state index < -0.39 is 133 Å². The van der Waals surface area contributed by atoms with Gasteiger partial charge in [0.25, 0.3) is 0 Å². The van der Waals surface area contributed by atoms with Crippen LogP contribution in [-0.2, 0) is 62.2 Å². The average molecular weight is 1430 g/mol. The summed E-state index contributed by atoms with van der Waals surface area (Å²) in [5.41, 5.74) is 16.6. The van der Waals surface area contributed by atoms with Crippen LogP contribution in [0, 0.1) is 35.5 Å². The molecule has 21 nitrogen and oxygen atoms in total. The highest BCUT2D eigenvalue weighted by Gasteiger charge is 2.34. The largest absolute Gasteiger partial charge is 0.481 e. The third-order valence-electron chi connectivity index (χ3n) is 17.9. The van der Waals surface area contributed by atoms with Crippen LogP contribution in [0.2, 0.25) is 0 Å². The van der Waals surface area contributed by atoms with Crippen molar-refractivity contribution in [1.29, 1.82) is 0 Å². The Hall–Kier alpha value is -4.67. The van der Waals surface area contributed by atoms with E-state index in [0.29, 0.717) is 44.6 Å². The van der Waals surface area contributed by atoms with Crippen molar-refractivity contribution in [3.8, 4) is 0 Å². The number of carbonyl (C=O) groups excluding carboxylic acids is 10. The lowest BCUT2D eigenvalue weighted by molar-refractivity contribution is -0.157. The lowest BCUT2D eigenvalue weighted by Crippen LogP contribution is -2.49. The van der Waals surface area contributed by atoms with E-state index in [-0.39, 0.29) is 75.5 Å². The van der Waals surface area contributed by atoms with Gasteiger partial charge < -0.3 is 52.8 Å². The first kappa shape index (κ1) is 95.4. The Bertz CT molecular complexity index is 2210. The van der Waals surface area contributed by atoms with Crippen LogP contribution in [-0.4, -0.2) is 131 Å². The predicted molar refractivity (Wildman–Crippen MR) is 393 cm³/mol. The number of nitrogens with one attached hydrogen (secondary N) is 3. The Morgan fingerprint density at radius 1 is 0.408 bits per heavy atom. The number of halogens is 1. The summed E-state index contributed by atoms with van der Waals surface area (Å²) >= 11 is 1.17. The van der Waals surface area contributed by atoms with Crippen LogP contribution in [0.3, 0.4) is 0 Å². The number of amides is 5. The number of hydrogen-bond donors (Lipinski definition) is 8. The van der Waals surface area contributed by atoms with E-state index >= 15 is 0 Å². The van der Waals surface area contributed by atoms with Gasteiger partial charge in [0.05, 0.1) is 30.5 Å². The minimum Gasteiger partial charge on any atom is -0.481 e. The number of carbonyl (C=O) groups is 11. The van der Waals surface area contributed by atoms with E-state index in [1.807, 2.05) is 0 Å². The van der Waals surface area contributed by atoms with Gasteiger partial charge in [-0.2, -0.15) is 11.8 Å². The zero-order valence-electron chi connectivity index (χ0n) is 61.8. The van der Waals surface area contributed by atoms with Gasteiger partial charge in [0, 0.05) is 68.8 Å². The standard InChI is InChI=1S/C75H136N6O15S.ClH/c1-55(2)37-29-23-17-11-8-14-20-26-32-41-70(88)80-64(54-97-53-62(96-72(90)43-34-28-22-16-10-13-19-25-31-39-57(5)6)52-95-71(89)42-33-27-21-15-9-12-18-24-30-38-56(3)4)67(85)49-61(50-69(78)87)74(92)81-63(51-82)66(84)47-59(44-45-68(77)86)73(91)79-58(7)65(83)48-60(75(93)94)40-35-36-46-76;/h55-64,82H,8-54,76H2,1-7H3,(H2,77,86)(H2,78,87)(H,79,91)(H,80,88)(H,81,92)(H,93,94);1H/t58-,59+,60+,61-,62?,63-,64-;/m0./s1. The summed E-state index contributed by atoms with van der Waals surface area (Å²) in [4.78, 5) is 146. The molecule has 0 aliphatic carbocycles. The number of Topliss-reactive ketones (excluding diaryl/α,β-unsaturated/α-hetero) is 3. The minimum atomic E-state index is -1.69. The molecule has 570 valence electrons. The minimum absolute atomic E-state index is 0. The Kier molecular flexibility index (Phi) is 60.5. The molecule has 0 aromatic heterocycles. The molecule has 7 atom stereocenters. The number of aliphatic carboxylic acids is 1. The fourth-order valence-electron chi connectivity index (χ4n) is 11.7. The zero-order chi connectivity index (χ0) is 72.6. The molecular formula is C75H137ClN6O15S. The Morgan fingerprint density at radius 2 is 0.816 bits per heavy atom. The van der Waals surface area contributed by atoms with Gasteiger partial charge in [-0.15, -0.1) is 12.4 Å². The van der Waals surface area contributed by atoms with Crippen molar-refractivity contribution in [2.45, 2.75) is 342 Å². The normalized spacial score (nSPS) is 13.6. The molecule has 0 heterocycles. The van der Waals surface area contributed by atoms with Gasteiger partial charge in [-0.1, -0.05) is 221 Å². The van der Waals surface area contributed by atoms with Gasteiger partial charge in [0.2, 0.25) is 29.5 Å². The summed E-state index contributed by atoms with van der Waals surface area (Å²) in [5, 5.41) is 27.9. The molecule has 0 spiro atoms. The molecular weight excluding hydrogens is 1290 g/mol. The number of rotatable bonds is 68. The second kappa shape index (κ2) is 62.1. The molecule has 0 aromatic rings. The average Bonchev–Trinajstić information content (AvgIpc) is 0.903. The number of thioether (sulfide) groups is 1. The van der Waals surface area contributed by atoms with E-state index in [1.54, 1.807) is 0 Å². The molecule has 0 bridgehead atoms. The second-order valence-corrected chi connectivity index (χ2v) is 29.7. The SMILES string of the molecule is CC(C)CCCCCCCCCCCC(=O)N[C@@H](CSCC(COC(=O)CCCCCCCCCCCC(C)C)OC(=O)CCCCCCCCCCCC(C)C)C(=O)C[C@@H](CC(N)=O)C(=O)N[C@@H](CO)C(=O)C[C@@H](CCC(N)=O)C(=O)N[C@@H](C)C(=O)C[C@@H](CCCCN)C(=O)O.Cl. The molecule has 0 aromatic carbocycles. The van der Waals surface area contributed by atoms with Crippen molar-refractivity contribution >= 4 is 89.0 Å². The molecule has 98 heavy (non-hydrogen) atoms. The molecule has 0 saturated carbocycles. The topological polar surface area (TPSA) is 361 Å². The molecule has 1 unspecified atom stereocenters. The maximum absolute atomic E-state index is 14.5. The molecule has 11 N–H and O–H groups in total. The first-order chi connectivity index (χ1) is 46.3. The first-order valence-corrected chi connectivity index (χ1v) is 39.0. The molecule has 0 saturated heterocycles. The highest BCUT2D eigenvalue weighted by Crippen LogP contribution is 2.23. The Balaban J connectivity index is 0. The van der Waals surface area contributed by atoms with E-state index in [4.69, 9.17) is 26.7 Å². The van der Waals surface area contributed by atoms with Crippen molar-refractivity contribution in [3.05, 3.63) is 0 Å². The number of hydrogen-bond acceptors (Lipinski definition) is 16. The van der Waals surface area contributed by atoms with Gasteiger partial charge in [-0.3, -0.25) is 52.7 Å². The van der Waals surface area contributed by atoms with E-state index in [9.17, 15) is 63.0 Å². The Morgan fingerprint density at radius 3 is 1.26 bits per heavy atom. The lowest BCUT2D eigenvalue weighted by Gasteiger charge is -2.24. The van der Waals surface area contributed by atoms with Crippen LogP contribution in [0.1, 0.15) is 318 Å². The van der Waals surface area contributed by atoms with Crippen LogP contribution in [0.4, 0.5) is 0 Å². The van der Waals surface area contributed by atoms with Gasteiger partial charge in [-0.05, 0) is 69.7 Å². The summed E-state index contributed by atoms with van der Waals surface area (Å²) in [6.45, 7) is 14.0. The quantitative estimate of drug-likeness (QED) is 0.0207. The molecule has 0 radical (unpaired) electrons. The van der Waals surface area contributed by atoms with Crippen molar-refractivity contribution < 1.29 is 72.4 Å². The molecule has 0 aliphatic rings. The maximum atomic E-state index is 14.5. The summed E-state index contributed by atoms with van der Waals surface area (Å²) in [5.74, 6) is -9.93. The van der Waals surface area contributed by atoms with E-state index in [2.05, 4.69) is 57.5 Å². The number of carboxylic acid groups (broad SMARTS) is 1. The molecule has 0 aliphatic heterocycles. The number of ether oxygens (including phenoxy) is 2. The number of unbranched alkanes of at least 4 members (excludes halogenated alkanes) is 25. The number of ketones is 3. The van der Waals surface area contributed by atoms with Crippen molar-refractivity contribution in [2.24, 2.45) is 52.7 Å². The van der Waals surface area contributed by atoms with Crippen LogP contribution < -0.4 is 33.2 Å². The van der Waals surface area contributed by atoms with E-state index in [0.717, 1.165) is 88.9 Å². The number of esters is 2. The van der Waals surface area contributed by atoms with Crippen molar-refractivity contribution in [1.82, 2.24) is 16.0 Å². The molecule has 5 amide bonds. The Labute approximate surface area is 600 Å². The summed E-state index contributed by atoms with van der Waals surface area (Å²) in [7, 11) is 0. The number of primary amides is 2. The van der Waals surface area contributed by atoms with Gasteiger partial charge in [0.15, 0.2) is 17.3 Å². The zero-order valence-corrected chi connectivity index (χ0v) is 63.4. The summed E-state index contributed by atoms with van der Waals surface area (Å²) in [6.07, 6.45) is 30.3. The van der Waals surface area contributed by atoms with E-state index in [1.165, 1.54) is 115 Å². The third kappa shape index (κ3) is 55.1. The van der Waals surface area contributed by atoms with Crippen LogP contribution >= 0.6 is 24.2 Å². The maximum Gasteiger partial charge on any atom is 0.306 e. The number of nitrogens with two attached hydrogens (primary N) is 3. The van der Waals surface area contributed by atoms with Crippen LogP contribution in [0.15, 0.2) is 0 Å². The first-order valence-electron chi connectivity index (χ1n) is 37.8. The number of carboxylic acids is 1. The van der Waals surface area contributed by atoms with Crippen LogP contribution in [0.25, 0.3) is 0 Å². The second-order valence-electron chi connectivity index (χ2n) is 28.7. The van der Waals surface area contributed by atoms with Gasteiger partial charge >= 0.3 is 17.9 Å². The summed E-state index contributed by atoms with van der Waals surface area (Å²) < 4.78 is 11.7. The predicted octanol–water partition coefficient (Wildman–Crippen LogP) is 13.0. The van der Waals surface area contributed by atoms with Gasteiger partial charge in [0.1, 0.15) is 18.8 Å². The highest BCUT2D eigenvalue weighted by atomic mass is 35.5. The molecule has 0 rings (SSSR count). The monoisotopic (exact) mass is 1430 g/mol. The van der Waals surface area contributed by atoms with Crippen molar-refractivity contribution in [3.63, 3.8) is 0 Å². The fourth-order valence-corrected chi connectivity index (χ4v) is 12.8. The lowest BCUT2D eigenvalue weighted by atomic mass is 9.91. The summed E-state index contributed by atoms with van der Waals surface area (Å²) in [6, 6.07) is -4.12. The highest BCUT2D eigenvalue weighted by molar-refractivity contribution is 7.99. The van der Waals surface area contributed by atoms with Crippen LogP contribution in [0.5, 0.6) is 0 Å².